The van der Waals surface area contributed by atoms with Crippen LogP contribution in [0.1, 0.15) is 57.8 Å². The van der Waals surface area contributed by atoms with Crippen molar-refractivity contribution in [3.05, 3.63) is 0 Å². The summed E-state index contributed by atoms with van der Waals surface area (Å²) in [6, 6.07) is 0.507. The molecule has 3 atom stereocenters. The minimum absolute atomic E-state index is 0.347. The molecule has 3 fully saturated rings. The number of carbonyl (C=O) groups excluding carboxylic acids is 1. The lowest BCUT2D eigenvalue weighted by Crippen LogP contribution is -2.42. The Morgan fingerprint density at radius 3 is 2.38 bits per heavy atom. The van der Waals surface area contributed by atoms with E-state index in [1.54, 1.807) is 0 Å². The van der Waals surface area contributed by atoms with Crippen LogP contribution in [0.3, 0.4) is 0 Å². The molecule has 0 spiro atoms. The van der Waals surface area contributed by atoms with E-state index >= 15 is 0 Å². The maximum Gasteiger partial charge on any atom is 0.223 e. The van der Waals surface area contributed by atoms with Gasteiger partial charge in [0.1, 0.15) is 0 Å². The van der Waals surface area contributed by atoms with Crippen molar-refractivity contribution in [2.45, 2.75) is 63.8 Å². The molecule has 0 saturated heterocycles. The Morgan fingerprint density at radius 1 is 0.875 bits per heavy atom. The smallest absolute Gasteiger partial charge is 0.223 e. The number of hydrogen-bond acceptors (Lipinski definition) is 1. The molecule has 1 amide bonds. The van der Waals surface area contributed by atoms with Crippen molar-refractivity contribution in [2.75, 3.05) is 0 Å². The Labute approximate surface area is 98.2 Å². The van der Waals surface area contributed by atoms with Crippen molar-refractivity contribution in [1.82, 2.24) is 5.32 Å². The van der Waals surface area contributed by atoms with E-state index in [1.807, 2.05) is 0 Å². The maximum absolute atomic E-state index is 11.7. The molecule has 0 radical (unpaired) electrons. The maximum atomic E-state index is 11.7. The fourth-order valence-electron chi connectivity index (χ4n) is 3.67. The first kappa shape index (κ1) is 10.6. The third-order valence-corrected chi connectivity index (χ3v) is 4.83. The van der Waals surface area contributed by atoms with Crippen molar-refractivity contribution in [2.24, 2.45) is 17.8 Å². The van der Waals surface area contributed by atoms with Gasteiger partial charge in [-0.25, -0.2) is 0 Å². The van der Waals surface area contributed by atoms with Gasteiger partial charge in [-0.3, -0.25) is 4.79 Å². The van der Waals surface area contributed by atoms with E-state index in [0.717, 1.165) is 24.7 Å². The molecule has 0 unspecified atom stereocenters. The highest BCUT2D eigenvalue weighted by atomic mass is 16.2. The fourth-order valence-corrected chi connectivity index (χ4v) is 3.67. The number of rotatable bonds is 2. The monoisotopic (exact) mass is 221 g/mol. The lowest BCUT2D eigenvalue weighted by atomic mass is 9.69. The van der Waals surface area contributed by atoms with Gasteiger partial charge < -0.3 is 5.32 Å². The fraction of sp³-hybridized carbons (Fsp3) is 0.929. The predicted octanol–water partition coefficient (Wildman–Crippen LogP) is 2.87. The van der Waals surface area contributed by atoms with E-state index in [0.29, 0.717) is 17.9 Å². The van der Waals surface area contributed by atoms with Crippen molar-refractivity contribution in [3.8, 4) is 0 Å². The van der Waals surface area contributed by atoms with E-state index < -0.39 is 0 Å². The van der Waals surface area contributed by atoms with Crippen LogP contribution in [0.15, 0.2) is 0 Å². The molecule has 0 aromatic rings. The summed E-state index contributed by atoms with van der Waals surface area (Å²) in [5.41, 5.74) is 0. The van der Waals surface area contributed by atoms with Crippen molar-refractivity contribution in [1.29, 1.82) is 0 Å². The summed E-state index contributed by atoms with van der Waals surface area (Å²) >= 11 is 0. The summed E-state index contributed by atoms with van der Waals surface area (Å²) in [7, 11) is 0. The molecule has 0 aromatic carbocycles. The van der Waals surface area contributed by atoms with E-state index in [4.69, 9.17) is 0 Å². The molecule has 3 saturated carbocycles. The van der Waals surface area contributed by atoms with Gasteiger partial charge in [-0.05, 0) is 43.9 Å². The molecule has 0 bridgehead atoms. The van der Waals surface area contributed by atoms with Crippen LogP contribution >= 0.6 is 0 Å². The highest BCUT2D eigenvalue weighted by Gasteiger charge is 2.35. The molecular formula is C14H23NO. The van der Waals surface area contributed by atoms with Crippen LogP contribution in [0.5, 0.6) is 0 Å². The van der Waals surface area contributed by atoms with Gasteiger partial charge in [0.05, 0.1) is 0 Å². The van der Waals surface area contributed by atoms with Crippen LogP contribution in [0.4, 0.5) is 0 Å². The predicted molar refractivity (Wildman–Crippen MR) is 64.0 cm³/mol. The number of carbonyl (C=O) groups is 1. The molecule has 3 aliphatic carbocycles. The Hall–Kier alpha value is -0.530. The third-order valence-electron chi connectivity index (χ3n) is 4.83. The minimum atomic E-state index is 0.347. The van der Waals surface area contributed by atoms with Crippen molar-refractivity contribution in [3.63, 3.8) is 0 Å². The summed E-state index contributed by atoms with van der Waals surface area (Å²) in [6.07, 6.45) is 11.9. The number of amides is 1. The molecule has 0 aromatic heterocycles. The van der Waals surface area contributed by atoms with E-state index in [9.17, 15) is 4.79 Å². The molecule has 3 aliphatic rings. The average Bonchev–Trinajstić information content (AvgIpc) is 3.12. The van der Waals surface area contributed by atoms with Gasteiger partial charge in [0.15, 0.2) is 0 Å². The Balaban J connectivity index is 1.51. The molecule has 90 valence electrons. The van der Waals surface area contributed by atoms with Gasteiger partial charge in [-0.1, -0.05) is 25.7 Å². The summed E-state index contributed by atoms with van der Waals surface area (Å²) in [5.74, 6) is 2.64. The topological polar surface area (TPSA) is 29.1 Å². The molecule has 0 aliphatic heterocycles. The second-order valence-electron chi connectivity index (χ2n) is 6.10. The number of nitrogens with one attached hydrogen (secondary N) is 1. The highest BCUT2D eigenvalue weighted by Crippen LogP contribution is 2.40. The molecule has 0 heterocycles. The summed E-state index contributed by atoms with van der Waals surface area (Å²) in [5, 5.41) is 3.27. The Bertz CT molecular complexity index is 272. The largest absolute Gasteiger partial charge is 0.353 e. The first-order chi connectivity index (χ1) is 7.83. The SMILES string of the molecule is O=C(N[C@@H]1CC[C@H]2CCCC[C@@H]2C1)C1CC1. The molecule has 1 N–H and O–H groups in total. The molecule has 3 rings (SSSR count). The molecule has 2 heteroatoms. The van der Waals surface area contributed by atoms with Crippen LogP contribution in [0.25, 0.3) is 0 Å². The zero-order chi connectivity index (χ0) is 11.0. The first-order valence-electron chi connectivity index (χ1n) is 7.13. The van der Waals surface area contributed by atoms with Gasteiger partial charge in [-0.15, -0.1) is 0 Å². The zero-order valence-corrected chi connectivity index (χ0v) is 10.1. The summed E-state index contributed by atoms with van der Waals surface area (Å²) < 4.78 is 0. The lowest BCUT2D eigenvalue weighted by Gasteiger charge is -2.39. The standard InChI is InChI=1S/C14H23NO/c16-14(11-5-6-11)15-13-8-7-10-3-1-2-4-12(10)9-13/h10-13H,1-9H2,(H,15,16)/t10-,12-,13-/m1/s1. The minimum Gasteiger partial charge on any atom is -0.353 e. The number of fused-ring (bicyclic) bond motifs is 1. The molecule has 16 heavy (non-hydrogen) atoms. The van der Waals surface area contributed by atoms with Gasteiger partial charge in [-0.2, -0.15) is 0 Å². The third kappa shape index (κ3) is 2.26. The van der Waals surface area contributed by atoms with E-state index in [1.165, 1.54) is 44.9 Å². The lowest BCUT2D eigenvalue weighted by molar-refractivity contribution is -0.123. The summed E-state index contributed by atoms with van der Waals surface area (Å²) in [4.78, 5) is 11.7. The van der Waals surface area contributed by atoms with E-state index in [-0.39, 0.29) is 0 Å². The zero-order valence-electron chi connectivity index (χ0n) is 10.1. The second-order valence-corrected chi connectivity index (χ2v) is 6.10. The van der Waals surface area contributed by atoms with Crippen molar-refractivity contribution >= 4 is 5.91 Å². The van der Waals surface area contributed by atoms with Gasteiger partial charge in [0, 0.05) is 12.0 Å². The van der Waals surface area contributed by atoms with Crippen molar-refractivity contribution < 1.29 is 4.79 Å². The molecular weight excluding hydrogens is 198 g/mol. The Morgan fingerprint density at radius 2 is 1.62 bits per heavy atom. The van der Waals surface area contributed by atoms with Gasteiger partial charge in [0.2, 0.25) is 5.91 Å². The average molecular weight is 221 g/mol. The van der Waals surface area contributed by atoms with Crippen LogP contribution < -0.4 is 5.32 Å². The summed E-state index contributed by atoms with van der Waals surface area (Å²) in [6.45, 7) is 0. The van der Waals surface area contributed by atoms with Gasteiger partial charge >= 0.3 is 0 Å². The van der Waals surface area contributed by atoms with E-state index in [2.05, 4.69) is 5.32 Å². The molecule has 2 nitrogen and oxygen atoms in total. The normalized spacial score (nSPS) is 38.9. The van der Waals surface area contributed by atoms with Crippen LogP contribution in [-0.2, 0) is 4.79 Å². The van der Waals surface area contributed by atoms with Crippen LogP contribution in [0.2, 0.25) is 0 Å². The highest BCUT2D eigenvalue weighted by molar-refractivity contribution is 5.81. The second kappa shape index (κ2) is 4.38. The number of hydrogen-bond donors (Lipinski definition) is 1. The quantitative estimate of drug-likeness (QED) is 0.763. The first-order valence-corrected chi connectivity index (χ1v) is 7.13. The Kier molecular flexibility index (Phi) is 2.91. The van der Waals surface area contributed by atoms with Crippen LogP contribution in [-0.4, -0.2) is 11.9 Å². The van der Waals surface area contributed by atoms with Crippen LogP contribution in [0, 0.1) is 17.8 Å². The van der Waals surface area contributed by atoms with Gasteiger partial charge in [0.25, 0.3) is 0 Å².